The Labute approximate surface area is 139 Å². The minimum absolute atomic E-state index is 0.390. The zero-order valence-corrected chi connectivity index (χ0v) is 14.3. The van der Waals surface area contributed by atoms with Gasteiger partial charge in [0.05, 0.1) is 0 Å². The van der Waals surface area contributed by atoms with Gasteiger partial charge < -0.3 is 11.1 Å². The van der Waals surface area contributed by atoms with Crippen LogP contribution in [0.4, 0.5) is 10.1 Å². The topological polar surface area (TPSA) is 55.1 Å². The van der Waals surface area contributed by atoms with Gasteiger partial charge in [-0.2, -0.15) is 0 Å². The monoisotopic (exact) mass is 414 g/mol. The van der Waals surface area contributed by atoms with Crippen LogP contribution in [-0.2, 0) is 10.3 Å². The van der Waals surface area contributed by atoms with E-state index in [-0.39, 0.29) is 0 Å². The fourth-order valence-corrected chi connectivity index (χ4v) is 3.12. The standard InChI is InChI=1S/C15H13Br2FN2O/c1-15(14(19)21,10-7-6-9(18)8-12(10)17)20-13-5-3-2-4-11(13)16/h2-8,20H,1H3,(H2,19,21). The molecule has 0 radical (unpaired) electrons. The third-order valence-electron chi connectivity index (χ3n) is 3.22. The van der Waals surface area contributed by atoms with Gasteiger partial charge in [0.25, 0.3) is 0 Å². The lowest BCUT2D eigenvalue weighted by atomic mass is 9.90. The molecule has 3 N–H and O–H groups in total. The molecular formula is C15H13Br2FN2O. The normalized spacial score (nSPS) is 13.5. The molecule has 1 atom stereocenters. The number of hydrogen-bond acceptors (Lipinski definition) is 2. The van der Waals surface area contributed by atoms with E-state index in [9.17, 15) is 9.18 Å². The number of nitrogens with two attached hydrogens (primary N) is 1. The quantitative estimate of drug-likeness (QED) is 0.787. The van der Waals surface area contributed by atoms with Gasteiger partial charge in [0.2, 0.25) is 5.91 Å². The van der Waals surface area contributed by atoms with Crippen molar-refractivity contribution < 1.29 is 9.18 Å². The van der Waals surface area contributed by atoms with E-state index in [1.165, 1.54) is 18.2 Å². The average Bonchev–Trinajstić information content (AvgIpc) is 2.41. The van der Waals surface area contributed by atoms with Gasteiger partial charge in [-0.25, -0.2) is 4.39 Å². The van der Waals surface area contributed by atoms with Crippen LogP contribution < -0.4 is 11.1 Å². The van der Waals surface area contributed by atoms with Crippen LogP contribution in [0.5, 0.6) is 0 Å². The minimum atomic E-state index is -1.18. The lowest BCUT2D eigenvalue weighted by Crippen LogP contribution is -2.45. The summed E-state index contributed by atoms with van der Waals surface area (Å²) in [5.74, 6) is -0.955. The van der Waals surface area contributed by atoms with E-state index in [2.05, 4.69) is 37.2 Å². The van der Waals surface area contributed by atoms with Crippen molar-refractivity contribution in [3.63, 3.8) is 0 Å². The first-order valence-electron chi connectivity index (χ1n) is 6.13. The van der Waals surface area contributed by atoms with Gasteiger partial charge >= 0.3 is 0 Å². The highest BCUT2D eigenvalue weighted by Gasteiger charge is 2.35. The first kappa shape index (κ1) is 16.0. The summed E-state index contributed by atoms with van der Waals surface area (Å²) in [4.78, 5) is 12.0. The lowest BCUT2D eigenvalue weighted by molar-refractivity contribution is -0.122. The van der Waals surface area contributed by atoms with Crippen molar-refractivity contribution in [2.24, 2.45) is 5.73 Å². The first-order valence-corrected chi connectivity index (χ1v) is 7.71. The van der Waals surface area contributed by atoms with Gasteiger partial charge in [0.1, 0.15) is 11.4 Å². The maximum Gasteiger partial charge on any atom is 0.247 e. The molecule has 3 nitrogen and oxygen atoms in total. The molecule has 0 aliphatic rings. The zero-order chi connectivity index (χ0) is 15.6. The molecular weight excluding hydrogens is 403 g/mol. The second kappa shape index (κ2) is 6.15. The molecule has 0 heterocycles. The number of halogens is 3. The van der Waals surface area contributed by atoms with Gasteiger partial charge in [0, 0.05) is 20.2 Å². The number of amides is 1. The predicted molar refractivity (Wildman–Crippen MR) is 88.4 cm³/mol. The molecule has 0 spiro atoms. The van der Waals surface area contributed by atoms with E-state index >= 15 is 0 Å². The molecule has 0 aromatic heterocycles. The van der Waals surface area contributed by atoms with Crippen molar-refractivity contribution in [1.29, 1.82) is 0 Å². The number of anilines is 1. The summed E-state index contributed by atoms with van der Waals surface area (Å²) in [6.45, 7) is 1.66. The molecule has 21 heavy (non-hydrogen) atoms. The van der Waals surface area contributed by atoms with Crippen LogP contribution in [0, 0.1) is 5.82 Å². The molecule has 2 aromatic rings. The van der Waals surface area contributed by atoms with Crippen LogP contribution in [0.3, 0.4) is 0 Å². The number of para-hydroxylation sites is 1. The van der Waals surface area contributed by atoms with Crippen molar-refractivity contribution in [1.82, 2.24) is 0 Å². The molecule has 0 saturated carbocycles. The Kier molecular flexibility index (Phi) is 4.68. The molecule has 2 rings (SSSR count). The summed E-state index contributed by atoms with van der Waals surface area (Å²) in [5, 5.41) is 3.13. The Morgan fingerprint density at radius 3 is 2.43 bits per heavy atom. The molecule has 1 unspecified atom stereocenters. The number of carbonyl (C=O) groups excluding carboxylic acids is 1. The van der Waals surface area contributed by atoms with Crippen LogP contribution in [0.15, 0.2) is 51.4 Å². The van der Waals surface area contributed by atoms with Crippen molar-refractivity contribution in [2.45, 2.75) is 12.5 Å². The Morgan fingerprint density at radius 1 is 1.19 bits per heavy atom. The van der Waals surface area contributed by atoms with Crippen molar-refractivity contribution in [2.75, 3.05) is 5.32 Å². The summed E-state index contributed by atoms with van der Waals surface area (Å²) in [6, 6.07) is 11.5. The Balaban J connectivity index is 2.51. The zero-order valence-electron chi connectivity index (χ0n) is 11.2. The largest absolute Gasteiger partial charge is 0.367 e. The van der Waals surface area contributed by atoms with Crippen LogP contribution in [0.1, 0.15) is 12.5 Å². The van der Waals surface area contributed by atoms with E-state index in [0.29, 0.717) is 10.0 Å². The van der Waals surface area contributed by atoms with Gasteiger partial charge in [-0.05, 0) is 47.1 Å². The number of rotatable bonds is 4. The van der Waals surface area contributed by atoms with E-state index in [1.54, 1.807) is 6.92 Å². The Morgan fingerprint density at radius 2 is 1.86 bits per heavy atom. The van der Waals surface area contributed by atoms with Crippen molar-refractivity contribution in [3.8, 4) is 0 Å². The molecule has 0 saturated heterocycles. The summed E-state index contributed by atoms with van der Waals surface area (Å²) < 4.78 is 14.5. The molecule has 0 aliphatic heterocycles. The number of hydrogen-bond donors (Lipinski definition) is 2. The highest BCUT2D eigenvalue weighted by atomic mass is 79.9. The highest BCUT2D eigenvalue weighted by Crippen LogP contribution is 2.34. The second-order valence-electron chi connectivity index (χ2n) is 4.72. The summed E-state index contributed by atoms with van der Waals surface area (Å²) in [7, 11) is 0. The fourth-order valence-electron chi connectivity index (χ4n) is 1.99. The molecule has 110 valence electrons. The molecule has 0 aliphatic carbocycles. The molecule has 6 heteroatoms. The molecule has 1 amide bonds. The maximum absolute atomic E-state index is 13.3. The van der Waals surface area contributed by atoms with E-state index in [0.717, 1.165) is 10.2 Å². The summed E-state index contributed by atoms with van der Waals surface area (Å²) in [6.07, 6.45) is 0. The number of nitrogens with one attached hydrogen (secondary N) is 1. The third-order valence-corrected chi connectivity index (χ3v) is 4.57. The van der Waals surface area contributed by atoms with Gasteiger partial charge in [-0.15, -0.1) is 0 Å². The molecule has 2 aromatic carbocycles. The van der Waals surface area contributed by atoms with Crippen molar-refractivity contribution in [3.05, 3.63) is 62.8 Å². The number of benzene rings is 2. The van der Waals surface area contributed by atoms with Crippen molar-refractivity contribution >= 4 is 43.5 Å². The van der Waals surface area contributed by atoms with Crippen LogP contribution >= 0.6 is 31.9 Å². The van der Waals surface area contributed by atoms with Gasteiger partial charge in [-0.1, -0.05) is 34.1 Å². The van der Waals surface area contributed by atoms with Gasteiger partial charge in [0.15, 0.2) is 0 Å². The summed E-state index contributed by atoms with van der Waals surface area (Å²) >= 11 is 6.70. The molecule has 0 fully saturated rings. The second-order valence-corrected chi connectivity index (χ2v) is 6.43. The maximum atomic E-state index is 13.3. The predicted octanol–water partition coefficient (Wildman–Crippen LogP) is 4.16. The number of carbonyl (C=O) groups is 1. The van der Waals surface area contributed by atoms with E-state index in [4.69, 9.17) is 5.73 Å². The van der Waals surface area contributed by atoms with E-state index in [1.807, 2.05) is 24.3 Å². The molecule has 0 bridgehead atoms. The smallest absolute Gasteiger partial charge is 0.247 e. The first-order chi connectivity index (χ1) is 9.84. The van der Waals surface area contributed by atoms with Gasteiger partial charge in [-0.3, -0.25) is 4.79 Å². The van der Waals surface area contributed by atoms with Crippen LogP contribution in [0.25, 0.3) is 0 Å². The SMILES string of the molecule is CC(Nc1ccccc1Br)(C(N)=O)c1ccc(F)cc1Br. The lowest BCUT2D eigenvalue weighted by Gasteiger charge is -2.30. The fraction of sp³-hybridized carbons (Fsp3) is 0.133. The summed E-state index contributed by atoms with van der Waals surface area (Å²) in [5.41, 5.74) is 5.67. The average molecular weight is 416 g/mol. The number of primary amides is 1. The third kappa shape index (κ3) is 3.27. The minimum Gasteiger partial charge on any atom is -0.367 e. The van der Waals surface area contributed by atoms with Crippen LogP contribution in [-0.4, -0.2) is 5.91 Å². The Hall–Kier alpha value is -1.40. The Bertz CT molecular complexity index is 693. The van der Waals surface area contributed by atoms with Crippen LogP contribution in [0.2, 0.25) is 0 Å². The highest BCUT2D eigenvalue weighted by molar-refractivity contribution is 9.11. The van der Waals surface area contributed by atoms with E-state index < -0.39 is 17.3 Å².